The van der Waals surface area contributed by atoms with Crippen LogP contribution in [0, 0.1) is 0 Å². The number of nitrogens with zero attached hydrogens (tertiary/aromatic N) is 3. The normalized spacial score (nSPS) is 26.6. The van der Waals surface area contributed by atoms with Gasteiger partial charge in [0.1, 0.15) is 5.60 Å². The summed E-state index contributed by atoms with van der Waals surface area (Å²) in [7, 11) is 6.36. The van der Waals surface area contributed by atoms with E-state index in [-0.39, 0.29) is 12.1 Å². The number of piperidine rings is 1. The van der Waals surface area contributed by atoms with Crippen molar-refractivity contribution in [2.75, 3.05) is 21.1 Å². The molecule has 3 rings (SSSR count). The second kappa shape index (κ2) is 6.27. The maximum atomic E-state index is 12.7. The number of pyridine rings is 1. The number of ether oxygens (including phenoxy) is 1. The molecule has 138 valence electrons. The second-order valence-electron chi connectivity index (χ2n) is 9.34. The summed E-state index contributed by atoms with van der Waals surface area (Å²) >= 11 is 0. The largest absolute Gasteiger partial charge is 0.444 e. The second-order valence-corrected chi connectivity index (χ2v) is 9.34. The fraction of sp³-hybridized carbons (Fsp3) is 0.700. The first-order valence-corrected chi connectivity index (χ1v) is 9.35. The van der Waals surface area contributed by atoms with Gasteiger partial charge in [-0.05, 0) is 58.1 Å². The maximum absolute atomic E-state index is 12.7. The number of aromatic nitrogens is 1. The lowest BCUT2D eigenvalue weighted by Crippen LogP contribution is -2.47. The smallest absolute Gasteiger partial charge is 0.410 e. The number of carbonyl (C=O) groups excluding carboxylic acids is 1. The third kappa shape index (κ3) is 3.81. The minimum Gasteiger partial charge on any atom is -0.444 e. The summed E-state index contributed by atoms with van der Waals surface area (Å²) in [4.78, 5) is 19.4. The van der Waals surface area contributed by atoms with Crippen molar-refractivity contribution in [3.8, 4) is 0 Å². The average Bonchev–Trinajstić information content (AvgIpc) is 2.71. The van der Waals surface area contributed by atoms with E-state index in [2.05, 4.69) is 38.3 Å². The van der Waals surface area contributed by atoms with Crippen molar-refractivity contribution < 1.29 is 9.53 Å². The van der Waals surface area contributed by atoms with Gasteiger partial charge in [-0.15, -0.1) is 0 Å². The zero-order valence-corrected chi connectivity index (χ0v) is 16.5. The highest BCUT2D eigenvalue weighted by Crippen LogP contribution is 2.45. The Bertz CT molecular complexity index is 628. The van der Waals surface area contributed by atoms with Crippen LogP contribution >= 0.6 is 0 Å². The summed E-state index contributed by atoms with van der Waals surface area (Å²) < 4.78 is 6.38. The van der Waals surface area contributed by atoms with Gasteiger partial charge >= 0.3 is 6.09 Å². The Balaban J connectivity index is 1.81. The van der Waals surface area contributed by atoms with Gasteiger partial charge in [0, 0.05) is 30.3 Å². The van der Waals surface area contributed by atoms with Crippen LogP contribution in [-0.4, -0.2) is 54.8 Å². The molecule has 1 amide bonds. The molecule has 0 aliphatic carbocycles. The van der Waals surface area contributed by atoms with E-state index in [4.69, 9.17) is 4.74 Å². The summed E-state index contributed by atoms with van der Waals surface area (Å²) in [6.45, 7) is 5.80. The molecule has 0 saturated carbocycles. The first kappa shape index (κ1) is 18.2. The van der Waals surface area contributed by atoms with Crippen molar-refractivity contribution in [1.82, 2.24) is 14.4 Å². The van der Waals surface area contributed by atoms with Crippen molar-refractivity contribution in [2.24, 2.45) is 0 Å². The molecule has 1 aromatic rings. The Hall–Kier alpha value is -1.62. The molecule has 2 saturated heterocycles. The van der Waals surface area contributed by atoms with Gasteiger partial charge in [-0.3, -0.25) is 4.48 Å². The Morgan fingerprint density at radius 3 is 2.52 bits per heavy atom. The Labute approximate surface area is 151 Å². The van der Waals surface area contributed by atoms with Crippen molar-refractivity contribution >= 4 is 11.9 Å². The fourth-order valence-electron chi connectivity index (χ4n) is 4.16. The highest BCUT2D eigenvalue weighted by Gasteiger charge is 2.47. The molecule has 3 atom stereocenters. The molecule has 0 N–H and O–H groups in total. The van der Waals surface area contributed by atoms with Gasteiger partial charge in [0.15, 0.2) is 0 Å². The predicted octanol–water partition coefficient (Wildman–Crippen LogP) is 3.92. The predicted molar refractivity (Wildman–Crippen MR) is 101 cm³/mol. The molecule has 2 aliphatic rings. The minimum absolute atomic E-state index is 0.152. The van der Waals surface area contributed by atoms with Crippen LogP contribution in [0.4, 0.5) is 10.6 Å². The lowest BCUT2D eigenvalue weighted by molar-refractivity contribution is 0.00708. The van der Waals surface area contributed by atoms with Gasteiger partial charge in [-0.2, -0.15) is 0 Å². The number of quaternary nitrogens is 1. The zero-order valence-electron chi connectivity index (χ0n) is 16.5. The number of fused-ring (bicyclic) bond motifs is 2. The van der Waals surface area contributed by atoms with Gasteiger partial charge in [0.05, 0.1) is 21.1 Å². The summed E-state index contributed by atoms with van der Waals surface area (Å²) in [5, 5.41) is 0. The van der Waals surface area contributed by atoms with E-state index in [9.17, 15) is 4.79 Å². The SMILES string of the molecule is CC(C)(C)OC(=O)N1C2CCCC1C(c1ccc([N+](C)(C)C)nc1)C2. The number of hydrogen-bond donors (Lipinski definition) is 0. The van der Waals surface area contributed by atoms with Gasteiger partial charge in [-0.1, -0.05) is 0 Å². The molecular formula is C20H32N3O2+. The Morgan fingerprint density at radius 2 is 1.96 bits per heavy atom. The lowest BCUT2D eigenvalue weighted by atomic mass is 9.91. The monoisotopic (exact) mass is 346 g/mol. The van der Waals surface area contributed by atoms with E-state index >= 15 is 0 Å². The van der Waals surface area contributed by atoms with Gasteiger partial charge in [0.2, 0.25) is 5.82 Å². The molecule has 0 aromatic carbocycles. The molecule has 1 aromatic heterocycles. The summed E-state index contributed by atoms with van der Waals surface area (Å²) in [6, 6.07) is 4.86. The number of rotatable bonds is 2. The van der Waals surface area contributed by atoms with E-state index in [0.29, 0.717) is 16.4 Å². The van der Waals surface area contributed by atoms with Gasteiger partial charge in [0.25, 0.3) is 0 Å². The topological polar surface area (TPSA) is 42.4 Å². The molecule has 0 radical (unpaired) electrons. The summed E-state index contributed by atoms with van der Waals surface area (Å²) in [6.07, 6.45) is 6.21. The van der Waals surface area contributed by atoms with Crippen LogP contribution in [0.15, 0.2) is 18.3 Å². The molecule has 2 aliphatic heterocycles. The molecule has 3 heterocycles. The van der Waals surface area contributed by atoms with E-state index in [0.717, 1.165) is 25.1 Å². The molecule has 25 heavy (non-hydrogen) atoms. The van der Waals surface area contributed by atoms with Crippen molar-refractivity contribution in [2.45, 2.75) is 70.1 Å². The van der Waals surface area contributed by atoms with Crippen molar-refractivity contribution in [3.05, 3.63) is 23.9 Å². The van der Waals surface area contributed by atoms with E-state index in [1.807, 2.05) is 31.9 Å². The molecular weight excluding hydrogens is 314 g/mol. The van der Waals surface area contributed by atoms with Crippen LogP contribution in [-0.2, 0) is 4.74 Å². The molecule has 5 heteroatoms. The molecule has 3 unspecified atom stereocenters. The summed E-state index contributed by atoms with van der Waals surface area (Å²) in [5.41, 5.74) is 0.803. The standard InChI is InChI=1S/C20H32N3O2/c1-20(2,3)25-19(24)22-15-8-7-9-17(22)16(12-15)14-10-11-18(21-13-14)23(4,5)6/h10-11,13,15-17H,7-9,12H2,1-6H3/q+1. The molecule has 2 bridgehead atoms. The lowest BCUT2D eigenvalue weighted by Gasteiger charge is -2.37. The average molecular weight is 346 g/mol. The Morgan fingerprint density at radius 1 is 1.24 bits per heavy atom. The van der Waals surface area contributed by atoms with Crippen molar-refractivity contribution in [1.29, 1.82) is 0 Å². The van der Waals surface area contributed by atoms with Crippen LogP contribution in [0.25, 0.3) is 0 Å². The highest BCUT2D eigenvalue weighted by atomic mass is 16.6. The number of carbonyl (C=O) groups is 1. The summed E-state index contributed by atoms with van der Waals surface area (Å²) in [5.74, 6) is 1.42. The molecule has 0 spiro atoms. The van der Waals surface area contributed by atoms with E-state index < -0.39 is 5.60 Å². The van der Waals surface area contributed by atoms with Crippen LogP contribution < -0.4 is 4.48 Å². The third-order valence-electron chi connectivity index (χ3n) is 5.27. The first-order chi connectivity index (χ1) is 11.6. The Kier molecular flexibility index (Phi) is 4.56. The van der Waals surface area contributed by atoms with E-state index in [1.165, 1.54) is 12.0 Å². The van der Waals surface area contributed by atoms with E-state index in [1.54, 1.807) is 0 Å². The third-order valence-corrected chi connectivity index (χ3v) is 5.27. The van der Waals surface area contributed by atoms with Gasteiger partial charge in [-0.25, -0.2) is 9.78 Å². The number of amides is 1. The fourth-order valence-corrected chi connectivity index (χ4v) is 4.16. The zero-order chi connectivity index (χ0) is 18.4. The van der Waals surface area contributed by atoms with Crippen LogP contribution in [0.1, 0.15) is 57.9 Å². The van der Waals surface area contributed by atoms with Crippen LogP contribution in [0.5, 0.6) is 0 Å². The first-order valence-electron chi connectivity index (χ1n) is 9.35. The quantitative estimate of drug-likeness (QED) is 0.762. The highest BCUT2D eigenvalue weighted by molar-refractivity contribution is 5.70. The minimum atomic E-state index is -0.447. The van der Waals surface area contributed by atoms with Gasteiger partial charge < -0.3 is 9.64 Å². The van der Waals surface area contributed by atoms with Crippen LogP contribution in [0.2, 0.25) is 0 Å². The molecule has 5 nitrogen and oxygen atoms in total. The van der Waals surface area contributed by atoms with Crippen LogP contribution in [0.3, 0.4) is 0 Å². The molecule has 2 fully saturated rings. The maximum Gasteiger partial charge on any atom is 0.410 e. The number of hydrogen-bond acceptors (Lipinski definition) is 3. The van der Waals surface area contributed by atoms with Crippen molar-refractivity contribution in [3.63, 3.8) is 0 Å².